The van der Waals surface area contributed by atoms with Crippen molar-refractivity contribution in [1.29, 1.82) is 0 Å². The number of hydrogen-bond acceptors (Lipinski definition) is 3. The van der Waals surface area contributed by atoms with Gasteiger partial charge in [0, 0.05) is 6.42 Å². The lowest BCUT2D eigenvalue weighted by Crippen LogP contribution is -2.31. The van der Waals surface area contributed by atoms with E-state index in [4.69, 9.17) is 22.7 Å². The van der Waals surface area contributed by atoms with Gasteiger partial charge in [0.2, 0.25) is 0 Å². The first-order valence-corrected chi connectivity index (χ1v) is 7.55. The summed E-state index contributed by atoms with van der Waals surface area (Å²) < 4.78 is 18.3. The Morgan fingerprint density at radius 1 is 1.22 bits per heavy atom. The quantitative estimate of drug-likeness (QED) is 0.879. The molecule has 23 heavy (non-hydrogen) atoms. The molecule has 1 aliphatic rings. The van der Waals surface area contributed by atoms with Gasteiger partial charge in [0.15, 0.2) is 5.11 Å². The molecular formula is C17H16FN3OS. The van der Waals surface area contributed by atoms with Gasteiger partial charge in [0.05, 0.1) is 18.9 Å². The van der Waals surface area contributed by atoms with E-state index in [1.165, 1.54) is 12.1 Å². The molecule has 1 unspecified atom stereocenters. The predicted octanol–water partition coefficient (Wildman–Crippen LogP) is 3.23. The summed E-state index contributed by atoms with van der Waals surface area (Å²) in [5.74, 6) is 0.513. The first-order chi connectivity index (χ1) is 11.1. The second kappa shape index (κ2) is 6.34. The molecule has 0 aromatic heterocycles. The molecule has 2 aromatic rings. The average molecular weight is 329 g/mol. The first-order valence-electron chi connectivity index (χ1n) is 7.14. The van der Waals surface area contributed by atoms with Crippen LogP contribution in [0, 0.1) is 5.82 Å². The van der Waals surface area contributed by atoms with Crippen molar-refractivity contribution in [3.63, 3.8) is 0 Å². The van der Waals surface area contributed by atoms with Crippen molar-refractivity contribution in [2.24, 2.45) is 10.8 Å². The van der Waals surface area contributed by atoms with Gasteiger partial charge < -0.3 is 10.5 Å². The monoisotopic (exact) mass is 329 g/mol. The third-order valence-corrected chi connectivity index (χ3v) is 4.00. The van der Waals surface area contributed by atoms with Crippen molar-refractivity contribution in [1.82, 2.24) is 5.01 Å². The second-order valence-electron chi connectivity index (χ2n) is 5.23. The topological polar surface area (TPSA) is 50.8 Å². The van der Waals surface area contributed by atoms with Crippen LogP contribution >= 0.6 is 12.2 Å². The van der Waals surface area contributed by atoms with Gasteiger partial charge in [-0.1, -0.05) is 12.1 Å². The van der Waals surface area contributed by atoms with Gasteiger partial charge in [-0.25, -0.2) is 9.40 Å². The number of benzene rings is 2. The van der Waals surface area contributed by atoms with Crippen LogP contribution in [0.4, 0.5) is 4.39 Å². The predicted molar refractivity (Wildman–Crippen MR) is 91.9 cm³/mol. The summed E-state index contributed by atoms with van der Waals surface area (Å²) >= 11 is 5.10. The number of nitrogens with two attached hydrogens (primary N) is 1. The smallest absolute Gasteiger partial charge is 0.187 e. The van der Waals surface area contributed by atoms with Gasteiger partial charge in [-0.15, -0.1) is 0 Å². The van der Waals surface area contributed by atoms with E-state index < -0.39 is 0 Å². The van der Waals surface area contributed by atoms with Gasteiger partial charge in [0.1, 0.15) is 11.6 Å². The summed E-state index contributed by atoms with van der Waals surface area (Å²) in [6, 6.07) is 13.9. The summed E-state index contributed by atoms with van der Waals surface area (Å²) in [6.45, 7) is 0. The van der Waals surface area contributed by atoms with Crippen molar-refractivity contribution in [2.45, 2.75) is 12.5 Å². The fourth-order valence-electron chi connectivity index (χ4n) is 2.62. The number of hydrazone groups is 1. The van der Waals surface area contributed by atoms with Crippen molar-refractivity contribution in [3.05, 3.63) is 65.5 Å². The minimum Gasteiger partial charge on any atom is -0.497 e. The van der Waals surface area contributed by atoms with E-state index in [1.807, 2.05) is 24.3 Å². The molecule has 0 bridgehead atoms. The van der Waals surface area contributed by atoms with Gasteiger partial charge in [-0.3, -0.25) is 0 Å². The van der Waals surface area contributed by atoms with Crippen LogP contribution in [-0.2, 0) is 0 Å². The van der Waals surface area contributed by atoms with E-state index in [0.29, 0.717) is 6.42 Å². The molecule has 118 valence electrons. The average Bonchev–Trinajstić information content (AvgIpc) is 3.01. The van der Waals surface area contributed by atoms with Gasteiger partial charge in [-0.05, 0) is 59.7 Å². The van der Waals surface area contributed by atoms with Crippen LogP contribution in [0.1, 0.15) is 23.6 Å². The van der Waals surface area contributed by atoms with Crippen molar-refractivity contribution in [2.75, 3.05) is 7.11 Å². The Morgan fingerprint density at radius 3 is 2.43 bits per heavy atom. The van der Waals surface area contributed by atoms with Crippen LogP contribution < -0.4 is 10.5 Å². The summed E-state index contributed by atoms with van der Waals surface area (Å²) in [6.07, 6.45) is 0.648. The highest BCUT2D eigenvalue weighted by atomic mass is 32.1. The van der Waals surface area contributed by atoms with Gasteiger partial charge in [0.25, 0.3) is 0 Å². The number of thiocarbonyl (C=S) groups is 1. The highest BCUT2D eigenvalue weighted by Gasteiger charge is 2.30. The molecule has 0 saturated carbocycles. The van der Waals surface area contributed by atoms with E-state index in [1.54, 1.807) is 24.3 Å². The van der Waals surface area contributed by atoms with Gasteiger partial charge in [-0.2, -0.15) is 5.10 Å². The Hall–Kier alpha value is -2.47. The third-order valence-electron chi connectivity index (χ3n) is 3.81. The van der Waals surface area contributed by atoms with E-state index in [9.17, 15) is 4.39 Å². The van der Waals surface area contributed by atoms with E-state index >= 15 is 0 Å². The molecule has 0 aliphatic carbocycles. The molecule has 0 spiro atoms. The number of rotatable bonds is 3. The molecule has 3 rings (SSSR count). The van der Waals surface area contributed by atoms with E-state index in [-0.39, 0.29) is 17.0 Å². The van der Waals surface area contributed by atoms with Crippen LogP contribution in [-0.4, -0.2) is 22.9 Å². The molecular weight excluding hydrogens is 313 g/mol. The zero-order valence-electron chi connectivity index (χ0n) is 12.6. The highest BCUT2D eigenvalue weighted by molar-refractivity contribution is 7.80. The maximum absolute atomic E-state index is 13.1. The molecule has 4 nitrogen and oxygen atoms in total. The maximum Gasteiger partial charge on any atom is 0.187 e. The second-order valence-corrected chi connectivity index (χ2v) is 5.65. The van der Waals surface area contributed by atoms with Crippen molar-refractivity contribution in [3.8, 4) is 5.75 Å². The molecule has 0 saturated heterocycles. The SMILES string of the molecule is COc1ccc(C2=NN(C(N)=S)C(c3ccc(F)cc3)C2)cc1. The fourth-order valence-corrected chi connectivity index (χ4v) is 2.78. The lowest BCUT2D eigenvalue weighted by Gasteiger charge is -2.21. The van der Waals surface area contributed by atoms with Crippen molar-refractivity contribution < 1.29 is 9.13 Å². The Morgan fingerprint density at radius 2 is 1.87 bits per heavy atom. The lowest BCUT2D eigenvalue weighted by atomic mass is 9.98. The summed E-state index contributed by atoms with van der Waals surface area (Å²) in [4.78, 5) is 0. The van der Waals surface area contributed by atoms with Crippen LogP contribution in [0.2, 0.25) is 0 Å². The van der Waals surface area contributed by atoms with E-state index in [2.05, 4.69) is 5.10 Å². The van der Waals surface area contributed by atoms with Crippen molar-refractivity contribution >= 4 is 23.0 Å². The number of nitrogens with zero attached hydrogens (tertiary/aromatic N) is 2. The largest absolute Gasteiger partial charge is 0.497 e. The Kier molecular flexibility index (Phi) is 4.25. The number of ether oxygens (including phenoxy) is 1. The summed E-state index contributed by atoms with van der Waals surface area (Å²) in [7, 11) is 1.63. The molecule has 0 fully saturated rings. The molecule has 1 atom stereocenters. The zero-order valence-corrected chi connectivity index (χ0v) is 13.4. The van der Waals surface area contributed by atoms with E-state index in [0.717, 1.165) is 22.6 Å². The molecule has 6 heteroatoms. The molecule has 2 N–H and O–H groups in total. The third kappa shape index (κ3) is 3.17. The first kappa shape index (κ1) is 15.4. The maximum atomic E-state index is 13.1. The van der Waals surface area contributed by atoms with Gasteiger partial charge >= 0.3 is 0 Å². The normalized spacial score (nSPS) is 17.0. The fraction of sp³-hybridized carbons (Fsp3) is 0.176. The Balaban J connectivity index is 1.90. The van der Waals surface area contributed by atoms with Crippen LogP contribution in [0.5, 0.6) is 5.75 Å². The van der Waals surface area contributed by atoms with Crippen LogP contribution in [0.3, 0.4) is 0 Å². The minimum atomic E-state index is -0.273. The van der Waals surface area contributed by atoms with Crippen LogP contribution in [0.25, 0.3) is 0 Å². The molecule has 0 amide bonds. The van der Waals surface area contributed by atoms with Crippen LogP contribution in [0.15, 0.2) is 53.6 Å². The molecule has 1 aliphatic heterocycles. The Labute approximate surface area is 139 Å². The number of hydrogen-bond donors (Lipinski definition) is 1. The number of halogens is 1. The highest BCUT2D eigenvalue weighted by Crippen LogP contribution is 2.32. The summed E-state index contributed by atoms with van der Waals surface area (Å²) in [5.41, 5.74) is 8.59. The zero-order chi connectivity index (χ0) is 16.4. The molecule has 2 aromatic carbocycles. The standard InChI is InChI=1S/C17H16FN3OS/c1-22-14-8-4-11(5-9-14)15-10-16(21(20-15)17(19)23)12-2-6-13(18)7-3-12/h2-9,16H,10H2,1H3,(H2,19,23). The summed E-state index contributed by atoms with van der Waals surface area (Å²) in [5, 5.41) is 6.35. The Bertz CT molecular complexity index is 743. The molecule has 0 radical (unpaired) electrons. The molecule has 1 heterocycles. The minimum absolute atomic E-state index is 0.120. The lowest BCUT2D eigenvalue weighted by molar-refractivity contribution is 0.372. The number of methoxy groups -OCH3 is 1.